The number of carbonyl (C=O) groups is 1. The molecule has 0 saturated carbocycles. The van der Waals surface area contributed by atoms with Gasteiger partial charge in [-0.3, -0.25) is 0 Å². The van der Waals surface area contributed by atoms with E-state index < -0.39 is 5.60 Å². The lowest BCUT2D eigenvalue weighted by Gasteiger charge is -2.26. The molecule has 6 heteroatoms. The SMILES string of the molecule is CC(C)(C)OC(=O)N1CCCC(NCc2ccno2)CC1. The second kappa shape index (κ2) is 6.93. The number of hydrogen-bond donors (Lipinski definition) is 1. The standard InChI is InChI=1S/C15H25N3O3/c1-15(2,3)20-14(19)18-9-4-5-12(7-10-18)16-11-13-6-8-17-21-13/h6,8,12,16H,4-5,7,9-11H2,1-3H3. The van der Waals surface area contributed by atoms with Gasteiger partial charge in [-0.15, -0.1) is 0 Å². The van der Waals surface area contributed by atoms with Crippen LogP contribution in [0.2, 0.25) is 0 Å². The van der Waals surface area contributed by atoms with Crippen LogP contribution < -0.4 is 5.32 Å². The zero-order valence-corrected chi connectivity index (χ0v) is 13.1. The van der Waals surface area contributed by atoms with Crippen molar-refractivity contribution in [1.29, 1.82) is 0 Å². The van der Waals surface area contributed by atoms with E-state index in [0.717, 1.165) is 38.1 Å². The summed E-state index contributed by atoms with van der Waals surface area (Å²) in [6.45, 7) is 7.84. The molecule has 118 valence electrons. The lowest BCUT2D eigenvalue weighted by Crippen LogP contribution is -2.38. The molecule has 1 unspecified atom stereocenters. The lowest BCUT2D eigenvalue weighted by molar-refractivity contribution is 0.0256. The Kier molecular flexibility index (Phi) is 5.22. The van der Waals surface area contributed by atoms with E-state index in [0.29, 0.717) is 12.6 Å². The Morgan fingerprint density at radius 1 is 1.48 bits per heavy atom. The minimum atomic E-state index is -0.437. The first-order valence-corrected chi connectivity index (χ1v) is 7.55. The molecule has 1 saturated heterocycles. The molecule has 1 aliphatic heterocycles. The molecule has 2 heterocycles. The second-order valence-electron chi connectivity index (χ2n) is 6.45. The maximum Gasteiger partial charge on any atom is 0.410 e. The van der Waals surface area contributed by atoms with Crippen LogP contribution in [0.4, 0.5) is 4.79 Å². The van der Waals surface area contributed by atoms with Gasteiger partial charge in [0.2, 0.25) is 0 Å². The molecule has 1 aromatic heterocycles. The number of aromatic nitrogens is 1. The average Bonchev–Trinajstić information content (AvgIpc) is 2.78. The number of likely N-dealkylation sites (tertiary alicyclic amines) is 1. The summed E-state index contributed by atoms with van der Waals surface area (Å²) in [5, 5.41) is 7.15. The van der Waals surface area contributed by atoms with E-state index in [9.17, 15) is 4.79 Å². The van der Waals surface area contributed by atoms with Crippen LogP contribution in [-0.2, 0) is 11.3 Å². The van der Waals surface area contributed by atoms with Crippen LogP contribution in [0, 0.1) is 0 Å². The highest BCUT2D eigenvalue weighted by molar-refractivity contribution is 5.68. The molecule has 1 amide bonds. The van der Waals surface area contributed by atoms with E-state index in [-0.39, 0.29) is 6.09 Å². The third-order valence-corrected chi connectivity index (χ3v) is 3.44. The van der Waals surface area contributed by atoms with Crippen molar-refractivity contribution in [3.8, 4) is 0 Å². The Labute approximate surface area is 125 Å². The van der Waals surface area contributed by atoms with Crippen LogP contribution in [-0.4, -0.2) is 40.9 Å². The molecule has 6 nitrogen and oxygen atoms in total. The highest BCUT2D eigenvalue weighted by Crippen LogP contribution is 2.16. The number of hydrogen-bond acceptors (Lipinski definition) is 5. The molecular weight excluding hydrogens is 270 g/mol. The van der Waals surface area contributed by atoms with E-state index in [4.69, 9.17) is 9.26 Å². The summed E-state index contributed by atoms with van der Waals surface area (Å²) >= 11 is 0. The predicted octanol–water partition coefficient (Wildman–Crippen LogP) is 2.55. The molecule has 0 bridgehead atoms. The van der Waals surface area contributed by atoms with Crippen molar-refractivity contribution in [3.63, 3.8) is 0 Å². The molecule has 2 rings (SSSR count). The average molecular weight is 295 g/mol. The van der Waals surface area contributed by atoms with Gasteiger partial charge in [-0.25, -0.2) is 4.79 Å². The normalized spacial score (nSPS) is 20.1. The van der Waals surface area contributed by atoms with Crippen molar-refractivity contribution in [3.05, 3.63) is 18.0 Å². The van der Waals surface area contributed by atoms with Gasteiger partial charge in [-0.05, 0) is 40.0 Å². The number of carbonyl (C=O) groups excluding carboxylic acids is 1. The van der Waals surface area contributed by atoms with Crippen LogP contribution in [0.5, 0.6) is 0 Å². The molecule has 21 heavy (non-hydrogen) atoms. The second-order valence-corrected chi connectivity index (χ2v) is 6.45. The number of rotatable bonds is 3. The summed E-state index contributed by atoms with van der Waals surface area (Å²) in [6, 6.07) is 2.25. The first-order valence-electron chi connectivity index (χ1n) is 7.55. The molecule has 1 fully saturated rings. The summed E-state index contributed by atoms with van der Waals surface area (Å²) in [5.41, 5.74) is -0.437. The minimum absolute atomic E-state index is 0.210. The first-order chi connectivity index (χ1) is 9.94. The van der Waals surface area contributed by atoms with E-state index in [1.165, 1.54) is 0 Å². The van der Waals surface area contributed by atoms with Crippen LogP contribution in [0.1, 0.15) is 45.8 Å². The Balaban J connectivity index is 1.77. The van der Waals surface area contributed by atoms with Crippen molar-refractivity contribution in [2.75, 3.05) is 13.1 Å². The number of amides is 1. The fourth-order valence-electron chi connectivity index (χ4n) is 2.39. The van der Waals surface area contributed by atoms with Gasteiger partial charge in [0.05, 0.1) is 12.7 Å². The summed E-state index contributed by atoms with van der Waals surface area (Å²) in [5.74, 6) is 0.836. The molecule has 1 atom stereocenters. The molecule has 0 radical (unpaired) electrons. The van der Waals surface area contributed by atoms with Gasteiger partial charge >= 0.3 is 6.09 Å². The predicted molar refractivity (Wildman–Crippen MR) is 78.8 cm³/mol. The van der Waals surface area contributed by atoms with Gasteiger partial charge in [0.1, 0.15) is 11.4 Å². The topological polar surface area (TPSA) is 67.6 Å². The zero-order chi connectivity index (χ0) is 15.3. The molecule has 1 N–H and O–H groups in total. The van der Waals surface area contributed by atoms with E-state index in [1.807, 2.05) is 26.8 Å². The quantitative estimate of drug-likeness (QED) is 0.928. The third kappa shape index (κ3) is 5.38. The Morgan fingerprint density at radius 2 is 2.29 bits per heavy atom. The summed E-state index contributed by atoms with van der Waals surface area (Å²) in [7, 11) is 0. The Hall–Kier alpha value is -1.56. The molecule has 0 spiro atoms. The van der Waals surface area contributed by atoms with Crippen molar-refractivity contribution in [2.24, 2.45) is 0 Å². The van der Waals surface area contributed by atoms with E-state index >= 15 is 0 Å². The van der Waals surface area contributed by atoms with E-state index in [1.54, 1.807) is 11.1 Å². The fourth-order valence-corrected chi connectivity index (χ4v) is 2.39. The van der Waals surface area contributed by atoms with Gasteiger partial charge in [-0.1, -0.05) is 5.16 Å². The van der Waals surface area contributed by atoms with Gasteiger partial charge in [0.25, 0.3) is 0 Å². The maximum atomic E-state index is 12.1. The monoisotopic (exact) mass is 295 g/mol. The molecule has 0 aliphatic carbocycles. The maximum absolute atomic E-state index is 12.1. The van der Waals surface area contributed by atoms with Crippen LogP contribution in [0.15, 0.2) is 16.8 Å². The third-order valence-electron chi connectivity index (χ3n) is 3.44. The van der Waals surface area contributed by atoms with Crippen molar-refractivity contribution in [2.45, 2.75) is 58.2 Å². The summed E-state index contributed by atoms with van der Waals surface area (Å²) in [4.78, 5) is 13.9. The number of ether oxygens (including phenoxy) is 1. The summed E-state index contributed by atoms with van der Waals surface area (Å²) < 4.78 is 10.5. The van der Waals surface area contributed by atoms with E-state index in [2.05, 4.69) is 10.5 Å². The smallest absolute Gasteiger partial charge is 0.410 e. The Morgan fingerprint density at radius 3 is 2.95 bits per heavy atom. The van der Waals surface area contributed by atoms with Crippen molar-refractivity contribution >= 4 is 6.09 Å². The van der Waals surface area contributed by atoms with Crippen LogP contribution >= 0.6 is 0 Å². The van der Waals surface area contributed by atoms with Crippen molar-refractivity contribution < 1.29 is 14.1 Å². The van der Waals surface area contributed by atoms with Gasteiger partial charge in [0.15, 0.2) is 0 Å². The number of nitrogens with zero attached hydrogens (tertiary/aromatic N) is 2. The number of nitrogens with one attached hydrogen (secondary N) is 1. The van der Waals surface area contributed by atoms with Gasteiger partial charge < -0.3 is 19.5 Å². The van der Waals surface area contributed by atoms with Crippen LogP contribution in [0.3, 0.4) is 0 Å². The molecule has 1 aromatic rings. The highest BCUT2D eigenvalue weighted by Gasteiger charge is 2.25. The fraction of sp³-hybridized carbons (Fsp3) is 0.733. The minimum Gasteiger partial charge on any atom is -0.444 e. The van der Waals surface area contributed by atoms with Gasteiger partial charge in [0, 0.05) is 25.2 Å². The highest BCUT2D eigenvalue weighted by atomic mass is 16.6. The molecule has 1 aliphatic rings. The lowest BCUT2D eigenvalue weighted by atomic mass is 10.1. The molecular formula is C15H25N3O3. The first kappa shape index (κ1) is 15.8. The molecule has 0 aromatic carbocycles. The van der Waals surface area contributed by atoms with Crippen molar-refractivity contribution in [1.82, 2.24) is 15.4 Å². The van der Waals surface area contributed by atoms with Crippen LogP contribution in [0.25, 0.3) is 0 Å². The largest absolute Gasteiger partial charge is 0.444 e. The summed E-state index contributed by atoms with van der Waals surface area (Å²) in [6.07, 6.45) is 4.39. The zero-order valence-electron chi connectivity index (χ0n) is 13.1. The Bertz CT molecular complexity index is 440. The van der Waals surface area contributed by atoms with Gasteiger partial charge in [-0.2, -0.15) is 0 Å².